The first-order chi connectivity index (χ1) is 7.95. The van der Waals surface area contributed by atoms with Crippen molar-refractivity contribution in [2.24, 2.45) is 0 Å². The Kier molecular flexibility index (Phi) is 4.74. The molecule has 0 unspecified atom stereocenters. The molecule has 0 saturated heterocycles. The number of halogens is 1. The molecule has 1 aromatic heterocycles. The average molecular weight is 303 g/mol. The van der Waals surface area contributed by atoms with Crippen LogP contribution in [0.25, 0.3) is 0 Å². The Morgan fingerprint density at radius 1 is 1.53 bits per heavy atom. The number of nitrogens with zero attached hydrogens (tertiary/aromatic N) is 1. The van der Waals surface area contributed by atoms with Crippen LogP contribution < -0.4 is 5.32 Å². The fourth-order valence-corrected chi connectivity index (χ4v) is 1.75. The molecule has 0 atom stereocenters. The monoisotopic (exact) mass is 302 g/mol. The Bertz CT molecular complexity index is 426. The van der Waals surface area contributed by atoms with Gasteiger partial charge in [0.2, 0.25) is 0 Å². The van der Waals surface area contributed by atoms with Gasteiger partial charge in [-0.25, -0.2) is 4.79 Å². The number of rotatable bonds is 4. The predicted octanol–water partition coefficient (Wildman–Crippen LogP) is 1.73. The van der Waals surface area contributed by atoms with Gasteiger partial charge in [0.15, 0.2) is 6.61 Å². The number of aromatic nitrogens is 1. The van der Waals surface area contributed by atoms with E-state index < -0.39 is 5.97 Å². The lowest BCUT2D eigenvalue weighted by molar-refractivity contribution is -0.123. The van der Waals surface area contributed by atoms with E-state index in [2.05, 4.69) is 21.2 Å². The molecule has 5 nitrogen and oxygen atoms in total. The molecule has 0 aliphatic carbocycles. The average Bonchev–Trinajstić information content (AvgIpc) is 2.67. The molecule has 0 saturated carbocycles. The minimum atomic E-state index is -0.506. The summed E-state index contributed by atoms with van der Waals surface area (Å²) in [6, 6.07) is 1.82. The molecule has 0 radical (unpaired) electrons. The van der Waals surface area contributed by atoms with Gasteiger partial charge in [0.05, 0.1) is 0 Å². The molecule has 94 valence electrons. The van der Waals surface area contributed by atoms with Crippen molar-refractivity contribution in [3.63, 3.8) is 0 Å². The van der Waals surface area contributed by atoms with Crippen molar-refractivity contribution >= 4 is 27.8 Å². The van der Waals surface area contributed by atoms with Gasteiger partial charge in [-0.3, -0.25) is 4.79 Å². The molecule has 17 heavy (non-hydrogen) atoms. The van der Waals surface area contributed by atoms with Crippen LogP contribution >= 0.6 is 15.9 Å². The first-order valence-electron chi connectivity index (χ1n) is 5.20. The molecule has 1 amide bonds. The maximum absolute atomic E-state index is 11.8. The number of amides is 1. The highest BCUT2D eigenvalue weighted by atomic mass is 79.9. The van der Waals surface area contributed by atoms with E-state index in [1.54, 1.807) is 16.8 Å². The molecule has 0 aromatic carbocycles. The predicted molar refractivity (Wildman–Crippen MR) is 66.9 cm³/mol. The molecule has 0 aliphatic heterocycles. The van der Waals surface area contributed by atoms with Gasteiger partial charge in [0.1, 0.15) is 5.69 Å². The third kappa shape index (κ3) is 3.59. The standard InChI is InChI=1S/C11H15BrN2O3/c1-7(2)14-5-8(12)4-9(14)11(16)17-6-10(15)13-3/h4-5,7H,6H2,1-3H3,(H,13,15). The second kappa shape index (κ2) is 5.86. The number of esters is 1. The minimum absolute atomic E-state index is 0.142. The van der Waals surface area contributed by atoms with Gasteiger partial charge in [-0.05, 0) is 35.8 Å². The lowest BCUT2D eigenvalue weighted by Gasteiger charge is -2.11. The normalized spacial score (nSPS) is 10.4. The van der Waals surface area contributed by atoms with Crippen LogP contribution in [0.2, 0.25) is 0 Å². The molecule has 1 aromatic rings. The zero-order valence-electron chi connectivity index (χ0n) is 9.99. The molecular weight excluding hydrogens is 288 g/mol. The SMILES string of the molecule is CNC(=O)COC(=O)c1cc(Br)cn1C(C)C. The number of hydrogen-bond donors (Lipinski definition) is 1. The van der Waals surface area contributed by atoms with Crippen molar-refractivity contribution in [1.82, 2.24) is 9.88 Å². The summed E-state index contributed by atoms with van der Waals surface area (Å²) in [5.74, 6) is -0.840. The third-order valence-electron chi connectivity index (χ3n) is 2.19. The summed E-state index contributed by atoms with van der Waals surface area (Å²) >= 11 is 3.31. The minimum Gasteiger partial charge on any atom is -0.451 e. The molecule has 0 fully saturated rings. The van der Waals surface area contributed by atoms with Crippen LogP contribution in [0.5, 0.6) is 0 Å². The molecule has 1 heterocycles. The summed E-state index contributed by atoms with van der Waals surface area (Å²) in [5, 5.41) is 2.38. The molecule has 0 aliphatic rings. The van der Waals surface area contributed by atoms with Crippen molar-refractivity contribution in [3.8, 4) is 0 Å². The Hall–Kier alpha value is -1.30. The number of nitrogens with one attached hydrogen (secondary N) is 1. The molecule has 6 heteroatoms. The van der Waals surface area contributed by atoms with Gasteiger partial charge >= 0.3 is 5.97 Å². The fraction of sp³-hybridized carbons (Fsp3) is 0.455. The maximum Gasteiger partial charge on any atom is 0.355 e. The van der Waals surface area contributed by atoms with E-state index in [4.69, 9.17) is 4.74 Å². The van der Waals surface area contributed by atoms with Gasteiger partial charge in [0, 0.05) is 23.8 Å². The number of carbonyl (C=O) groups is 2. The van der Waals surface area contributed by atoms with Crippen molar-refractivity contribution in [2.45, 2.75) is 19.9 Å². The smallest absolute Gasteiger partial charge is 0.355 e. The lowest BCUT2D eigenvalue weighted by Crippen LogP contribution is -2.25. The number of likely N-dealkylation sites (N-methyl/N-ethyl adjacent to an activating group) is 1. The topological polar surface area (TPSA) is 60.3 Å². The van der Waals surface area contributed by atoms with Gasteiger partial charge in [-0.15, -0.1) is 0 Å². The van der Waals surface area contributed by atoms with Crippen molar-refractivity contribution in [3.05, 3.63) is 22.4 Å². The van der Waals surface area contributed by atoms with Crippen molar-refractivity contribution in [2.75, 3.05) is 13.7 Å². The summed E-state index contributed by atoms with van der Waals surface area (Å²) in [7, 11) is 1.49. The highest BCUT2D eigenvalue weighted by Gasteiger charge is 2.17. The number of carbonyl (C=O) groups excluding carboxylic acids is 2. The van der Waals surface area contributed by atoms with Crippen LogP contribution in [0.1, 0.15) is 30.4 Å². The zero-order chi connectivity index (χ0) is 13.0. The largest absolute Gasteiger partial charge is 0.451 e. The van der Waals surface area contributed by atoms with Gasteiger partial charge in [-0.1, -0.05) is 0 Å². The fourth-order valence-electron chi connectivity index (χ4n) is 1.31. The van der Waals surface area contributed by atoms with Crippen LogP contribution in [0, 0.1) is 0 Å². The van der Waals surface area contributed by atoms with E-state index in [-0.39, 0.29) is 18.6 Å². The van der Waals surface area contributed by atoms with E-state index in [0.29, 0.717) is 5.69 Å². The van der Waals surface area contributed by atoms with Gasteiger partial charge in [0.25, 0.3) is 5.91 Å². The quantitative estimate of drug-likeness (QED) is 0.862. The second-order valence-corrected chi connectivity index (χ2v) is 4.71. The van der Waals surface area contributed by atoms with Gasteiger partial charge < -0.3 is 14.6 Å². The van der Waals surface area contributed by atoms with E-state index in [9.17, 15) is 9.59 Å². The highest BCUT2D eigenvalue weighted by Crippen LogP contribution is 2.19. The molecule has 0 bridgehead atoms. The molecule has 0 spiro atoms. The van der Waals surface area contributed by atoms with Crippen LogP contribution in [-0.2, 0) is 9.53 Å². The highest BCUT2D eigenvalue weighted by molar-refractivity contribution is 9.10. The first kappa shape index (κ1) is 13.8. The summed E-state index contributed by atoms with van der Waals surface area (Å²) < 4.78 is 7.48. The van der Waals surface area contributed by atoms with Crippen LogP contribution in [0.4, 0.5) is 0 Å². The van der Waals surface area contributed by atoms with Crippen LogP contribution in [0.15, 0.2) is 16.7 Å². The molecular formula is C11H15BrN2O3. The van der Waals surface area contributed by atoms with Crippen molar-refractivity contribution < 1.29 is 14.3 Å². The van der Waals surface area contributed by atoms with E-state index in [0.717, 1.165) is 4.47 Å². The summed E-state index contributed by atoms with van der Waals surface area (Å²) in [4.78, 5) is 22.7. The van der Waals surface area contributed by atoms with E-state index in [1.165, 1.54) is 7.05 Å². The van der Waals surface area contributed by atoms with Gasteiger partial charge in [-0.2, -0.15) is 0 Å². The third-order valence-corrected chi connectivity index (χ3v) is 2.63. The number of hydrogen-bond acceptors (Lipinski definition) is 3. The lowest BCUT2D eigenvalue weighted by atomic mass is 10.3. The Balaban J connectivity index is 2.78. The van der Waals surface area contributed by atoms with E-state index in [1.807, 2.05) is 13.8 Å². The zero-order valence-corrected chi connectivity index (χ0v) is 11.6. The van der Waals surface area contributed by atoms with Crippen molar-refractivity contribution in [1.29, 1.82) is 0 Å². The van der Waals surface area contributed by atoms with E-state index >= 15 is 0 Å². The Labute approximate surface area is 108 Å². The Morgan fingerprint density at radius 2 is 2.18 bits per heavy atom. The maximum atomic E-state index is 11.8. The summed E-state index contributed by atoms with van der Waals surface area (Å²) in [5.41, 5.74) is 0.427. The summed E-state index contributed by atoms with van der Waals surface area (Å²) in [6.45, 7) is 3.65. The molecule has 1 rings (SSSR count). The van der Waals surface area contributed by atoms with Crippen LogP contribution in [-0.4, -0.2) is 30.1 Å². The second-order valence-electron chi connectivity index (χ2n) is 3.79. The van der Waals surface area contributed by atoms with Crippen LogP contribution in [0.3, 0.4) is 0 Å². The summed E-state index contributed by atoms with van der Waals surface area (Å²) in [6.07, 6.45) is 1.81. The molecule has 1 N–H and O–H groups in total. The Morgan fingerprint density at radius 3 is 2.71 bits per heavy atom. The number of ether oxygens (including phenoxy) is 1. The first-order valence-corrected chi connectivity index (χ1v) is 6.00.